The van der Waals surface area contributed by atoms with Gasteiger partial charge >= 0.3 is 6.18 Å². The lowest BCUT2D eigenvalue weighted by atomic mass is 10.0. The van der Waals surface area contributed by atoms with E-state index in [9.17, 15) is 18.0 Å². The smallest absolute Gasteiger partial charge is 0.416 e. The van der Waals surface area contributed by atoms with Gasteiger partial charge in [0.1, 0.15) is 0 Å². The van der Waals surface area contributed by atoms with Crippen LogP contribution < -0.4 is 14.8 Å². The van der Waals surface area contributed by atoms with E-state index in [1.807, 2.05) is 4.90 Å². The van der Waals surface area contributed by atoms with E-state index in [1.54, 1.807) is 18.2 Å². The number of alkyl halides is 3. The van der Waals surface area contributed by atoms with E-state index in [1.165, 1.54) is 12.1 Å². The first kappa shape index (κ1) is 20.3. The van der Waals surface area contributed by atoms with Crippen LogP contribution in [0.1, 0.15) is 17.4 Å². The van der Waals surface area contributed by atoms with Gasteiger partial charge in [-0.2, -0.15) is 18.2 Å². The topological polar surface area (TPSA) is 89.7 Å². The van der Waals surface area contributed by atoms with Gasteiger partial charge in [-0.1, -0.05) is 17.3 Å². The van der Waals surface area contributed by atoms with Crippen molar-refractivity contribution >= 4 is 11.6 Å². The van der Waals surface area contributed by atoms with Gasteiger partial charge in [-0.25, -0.2) is 0 Å². The zero-order valence-electron chi connectivity index (χ0n) is 16.6. The third-order valence-electron chi connectivity index (χ3n) is 5.22. The van der Waals surface area contributed by atoms with E-state index < -0.39 is 11.7 Å². The van der Waals surface area contributed by atoms with Crippen molar-refractivity contribution in [2.45, 2.75) is 12.1 Å². The highest BCUT2D eigenvalue weighted by molar-refractivity contribution is 5.92. The number of carbonyl (C=O) groups excluding carboxylic acids is 1. The molecule has 8 nitrogen and oxygen atoms in total. The van der Waals surface area contributed by atoms with Crippen molar-refractivity contribution in [1.29, 1.82) is 0 Å². The van der Waals surface area contributed by atoms with Gasteiger partial charge in [-0.3, -0.25) is 9.69 Å². The molecule has 1 fully saturated rings. The van der Waals surface area contributed by atoms with Crippen molar-refractivity contribution in [3.8, 4) is 22.9 Å². The van der Waals surface area contributed by atoms with Crippen molar-refractivity contribution in [2.24, 2.45) is 0 Å². The first-order valence-electron chi connectivity index (χ1n) is 9.78. The second kappa shape index (κ2) is 7.83. The standard InChI is InChI=1S/C21H17F3N4O4/c22-21(23,24)14-3-1-2-12(6-14)19-26-20(32-27-19)13-8-28(9-13)10-18(29)25-15-4-5-16-17(7-15)31-11-30-16/h1-7,13H,8-11H2,(H,25,29). The summed E-state index contributed by atoms with van der Waals surface area (Å²) in [4.78, 5) is 18.4. The molecule has 1 N–H and O–H groups in total. The maximum atomic E-state index is 12.9. The predicted octanol–water partition coefficient (Wildman–Crippen LogP) is 3.52. The summed E-state index contributed by atoms with van der Waals surface area (Å²) in [5, 5.41) is 6.62. The molecular formula is C21H17F3N4O4. The molecule has 0 bridgehead atoms. The van der Waals surface area contributed by atoms with Crippen LogP contribution in [-0.2, 0) is 11.0 Å². The Bertz CT molecular complexity index is 1160. The molecule has 3 heterocycles. The molecule has 0 radical (unpaired) electrons. The molecule has 0 spiro atoms. The summed E-state index contributed by atoms with van der Waals surface area (Å²) in [7, 11) is 0. The zero-order valence-corrected chi connectivity index (χ0v) is 16.6. The number of fused-ring (bicyclic) bond motifs is 1. The van der Waals surface area contributed by atoms with E-state index in [0.717, 1.165) is 12.1 Å². The minimum Gasteiger partial charge on any atom is -0.454 e. The van der Waals surface area contributed by atoms with Crippen LogP contribution in [0.15, 0.2) is 47.0 Å². The van der Waals surface area contributed by atoms with E-state index in [0.29, 0.717) is 36.2 Å². The molecule has 2 aliphatic rings. The van der Waals surface area contributed by atoms with Gasteiger partial charge in [0.25, 0.3) is 0 Å². The molecule has 5 rings (SSSR count). The van der Waals surface area contributed by atoms with Crippen molar-refractivity contribution in [3.05, 3.63) is 53.9 Å². The Kier molecular flexibility index (Phi) is 4.97. The Hall–Kier alpha value is -3.60. The molecule has 0 atom stereocenters. The highest BCUT2D eigenvalue weighted by atomic mass is 19.4. The van der Waals surface area contributed by atoms with Crippen molar-refractivity contribution in [2.75, 3.05) is 31.7 Å². The molecule has 1 saturated heterocycles. The lowest BCUT2D eigenvalue weighted by Gasteiger charge is -2.36. The summed E-state index contributed by atoms with van der Waals surface area (Å²) in [6.45, 7) is 1.39. The number of ether oxygens (including phenoxy) is 2. The number of hydrogen-bond donors (Lipinski definition) is 1. The molecule has 11 heteroatoms. The fourth-order valence-electron chi connectivity index (χ4n) is 3.59. The zero-order chi connectivity index (χ0) is 22.3. The Balaban J connectivity index is 1.15. The second-order valence-corrected chi connectivity index (χ2v) is 7.54. The fraction of sp³-hybridized carbons (Fsp3) is 0.286. The Morgan fingerprint density at radius 1 is 1.12 bits per heavy atom. The molecule has 166 valence electrons. The van der Waals surface area contributed by atoms with Crippen molar-refractivity contribution in [1.82, 2.24) is 15.0 Å². The number of likely N-dealkylation sites (tertiary alicyclic amines) is 1. The van der Waals surface area contributed by atoms with Crippen LogP contribution in [0.2, 0.25) is 0 Å². The van der Waals surface area contributed by atoms with Crippen LogP contribution in [0.3, 0.4) is 0 Å². The lowest BCUT2D eigenvalue weighted by Crippen LogP contribution is -2.48. The fourth-order valence-corrected chi connectivity index (χ4v) is 3.59. The first-order chi connectivity index (χ1) is 15.3. The van der Waals surface area contributed by atoms with Crippen LogP contribution in [0, 0.1) is 0 Å². The first-order valence-corrected chi connectivity index (χ1v) is 9.78. The van der Waals surface area contributed by atoms with Gasteiger partial charge < -0.3 is 19.3 Å². The van der Waals surface area contributed by atoms with Gasteiger partial charge in [0.05, 0.1) is 18.0 Å². The average Bonchev–Trinajstić information content (AvgIpc) is 3.39. The minimum atomic E-state index is -4.45. The van der Waals surface area contributed by atoms with Crippen LogP contribution in [0.4, 0.5) is 18.9 Å². The van der Waals surface area contributed by atoms with Gasteiger partial charge in [0, 0.05) is 30.4 Å². The highest BCUT2D eigenvalue weighted by Gasteiger charge is 2.34. The minimum absolute atomic E-state index is 0.0830. The largest absolute Gasteiger partial charge is 0.454 e. The number of amides is 1. The molecular weight excluding hydrogens is 429 g/mol. The summed E-state index contributed by atoms with van der Waals surface area (Å²) in [6.07, 6.45) is -4.45. The lowest BCUT2D eigenvalue weighted by molar-refractivity contribution is -0.137. The molecule has 1 aromatic heterocycles. The number of nitrogens with one attached hydrogen (secondary N) is 1. The van der Waals surface area contributed by atoms with Crippen LogP contribution in [0.5, 0.6) is 11.5 Å². The molecule has 32 heavy (non-hydrogen) atoms. The number of aromatic nitrogens is 2. The van der Waals surface area contributed by atoms with Gasteiger partial charge in [0.2, 0.25) is 24.4 Å². The summed E-state index contributed by atoms with van der Waals surface area (Å²) in [6, 6.07) is 9.95. The van der Waals surface area contributed by atoms with Crippen molar-refractivity contribution in [3.63, 3.8) is 0 Å². The Morgan fingerprint density at radius 3 is 2.75 bits per heavy atom. The Morgan fingerprint density at radius 2 is 1.94 bits per heavy atom. The predicted molar refractivity (Wildman–Crippen MR) is 105 cm³/mol. The summed E-state index contributed by atoms with van der Waals surface area (Å²) in [5.74, 6) is 1.39. The second-order valence-electron chi connectivity index (χ2n) is 7.54. The third-order valence-corrected chi connectivity index (χ3v) is 5.22. The number of carbonyl (C=O) groups is 1. The summed E-state index contributed by atoms with van der Waals surface area (Å²) >= 11 is 0. The maximum Gasteiger partial charge on any atom is 0.416 e. The molecule has 3 aromatic rings. The molecule has 1 amide bonds. The van der Waals surface area contributed by atoms with E-state index >= 15 is 0 Å². The average molecular weight is 446 g/mol. The molecule has 2 aromatic carbocycles. The van der Waals surface area contributed by atoms with E-state index in [2.05, 4.69) is 15.5 Å². The molecule has 2 aliphatic heterocycles. The maximum absolute atomic E-state index is 12.9. The molecule has 0 unspecified atom stereocenters. The normalized spacial score (nSPS) is 16.1. The van der Waals surface area contributed by atoms with Gasteiger partial charge in [-0.05, 0) is 24.3 Å². The molecule has 0 saturated carbocycles. The SMILES string of the molecule is O=C(CN1CC(c2nc(-c3cccc(C(F)(F)F)c3)no2)C1)Nc1ccc2c(c1)OCO2. The van der Waals surface area contributed by atoms with Crippen LogP contribution in [0.25, 0.3) is 11.4 Å². The van der Waals surface area contributed by atoms with Crippen LogP contribution >= 0.6 is 0 Å². The van der Waals surface area contributed by atoms with Gasteiger partial charge in [-0.15, -0.1) is 0 Å². The third kappa shape index (κ3) is 4.11. The van der Waals surface area contributed by atoms with Crippen LogP contribution in [-0.4, -0.2) is 47.4 Å². The van der Waals surface area contributed by atoms with E-state index in [-0.39, 0.29) is 36.6 Å². The summed E-state index contributed by atoms with van der Waals surface area (Å²) < 4.78 is 54.5. The Labute approximate surface area is 179 Å². The monoisotopic (exact) mass is 446 g/mol. The number of halogens is 3. The number of rotatable bonds is 5. The van der Waals surface area contributed by atoms with Crippen molar-refractivity contribution < 1.29 is 32.0 Å². The number of hydrogen-bond acceptors (Lipinski definition) is 7. The number of anilines is 1. The quantitative estimate of drug-likeness (QED) is 0.641. The molecule has 0 aliphatic carbocycles. The highest BCUT2D eigenvalue weighted by Crippen LogP contribution is 2.35. The van der Waals surface area contributed by atoms with Gasteiger partial charge in [0.15, 0.2) is 11.5 Å². The number of nitrogens with zero attached hydrogens (tertiary/aromatic N) is 3. The number of benzene rings is 2. The van der Waals surface area contributed by atoms with E-state index in [4.69, 9.17) is 14.0 Å². The summed E-state index contributed by atoms with van der Waals surface area (Å²) in [5.41, 5.74) is 0.0673.